The minimum atomic E-state index is -2.40. The molecule has 1 heterocycles. The monoisotopic (exact) mass is 568 g/mol. The molecule has 0 aliphatic carbocycles. The van der Waals surface area contributed by atoms with Crippen LogP contribution in [-0.2, 0) is 35.3 Å². The summed E-state index contributed by atoms with van der Waals surface area (Å²) in [5.41, 5.74) is 10.2. The van der Waals surface area contributed by atoms with Crippen LogP contribution in [0.1, 0.15) is 44.1 Å². The van der Waals surface area contributed by atoms with Crippen molar-refractivity contribution >= 4 is 45.5 Å². The number of amides is 2. The van der Waals surface area contributed by atoms with Crippen molar-refractivity contribution in [3.63, 3.8) is 0 Å². The van der Waals surface area contributed by atoms with Crippen LogP contribution < -0.4 is 16.8 Å². The Morgan fingerprint density at radius 1 is 1.11 bits per heavy atom. The largest absolute Gasteiger partial charge is 0.480 e. The van der Waals surface area contributed by atoms with Gasteiger partial charge in [0.1, 0.15) is 18.4 Å². The maximum absolute atomic E-state index is 13.3. The average Bonchev–Trinajstić information content (AvgIpc) is 2.88. The van der Waals surface area contributed by atoms with E-state index in [1.165, 1.54) is 0 Å². The second-order valence-corrected chi connectivity index (χ2v) is 9.39. The number of rotatable bonds is 14. The van der Waals surface area contributed by atoms with Crippen molar-refractivity contribution in [3.8, 4) is 0 Å². The summed E-state index contributed by atoms with van der Waals surface area (Å²) in [6.45, 7) is 0.895. The molecule has 3 atom stereocenters. The van der Waals surface area contributed by atoms with Gasteiger partial charge in [-0.1, -0.05) is 52.7 Å². The maximum atomic E-state index is 13.3. The lowest BCUT2D eigenvalue weighted by Gasteiger charge is -2.37. The number of nitrogens with zero attached hydrogens (tertiary/aromatic N) is 1. The molecule has 0 spiro atoms. The Labute approximate surface area is 218 Å². The quantitative estimate of drug-likeness (QED) is 0.141. The summed E-state index contributed by atoms with van der Waals surface area (Å²) >= 11 is 3.00. The number of carbonyl (C=O) groups is 5. The number of alkyl halides is 1. The smallest absolute Gasteiger partial charge is 0.336 e. The number of esters is 1. The number of halogens is 1. The van der Waals surface area contributed by atoms with Gasteiger partial charge in [-0.15, -0.1) is 0 Å². The number of hydrogen-bond acceptors (Lipinski definition) is 8. The number of primary amides is 1. The molecule has 1 aromatic carbocycles. The van der Waals surface area contributed by atoms with Crippen molar-refractivity contribution in [1.29, 1.82) is 0 Å². The van der Waals surface area contributed by atoms with Crippen LogP contribution >= 0.6 is 15.9 Å². The molecule has 2 amide bonds. The number of likely N-dealkylation sites (tertiary alicyclic amines) is 1. The van der Waals surface area contributed by atoms with E-state index in [0.29, 0.717) is 18.7 Å². The Morgan fingerprint density at radius 3 is 2.31 bits per heavy atom. The van der Waals surface area contributed by atoms with Crippen LogP contribution in [0, 0.1) is 0 Å². The van der Waals surface area contributed by atoms with Gasteiger partial charge in [-0.2, -0.15) is 0 Å². The number of benzene rings is 1. The molecule has 0 saturated carbocycles. The summed E-state index contributed by atoms with van der Waals surface area (Å²) < 4.78 is 5.34. The molecule has 1 fully saturated rings. The third-order valence-corrected chi connectivity index (χ3v) is 6.75. The molecular weight excluding hydrogens is 536 g/mol. The summed E-state index contributed by atoms with van der Waals surface area (Å²) in [6.07, 6.45) is 1.79. The molecule has 1 aliphatic rings. The summed E-state index contributed by atoms with van der Waals surface area (Å²) in [5.74, 6) is -4.65. The molecule has 0 radical (unpaired) electrons. The van der Waals surface area contributed by atoms with E-state index in [4.69, 9.17) is 16.2 Å². The van der Waals surface area contributed by atoms with E-state index in [2.05, 4.69) is 21.2 Å². The van der Waals surface area contributed by atoms with Crippen LogP contribution in [0.2, 0.25) is 0 Å². The van der Waals surface area contributed by atoms with E-state index in [0.717, 1.165) is 19.3 Å². The van der Waals surface area contributed by atoms with Crippen LogP contribution in [0.5, 0.6) is 0 Å². The van der Waals surface area contributed by atoms with Gasteiger partial charge < -0.3 is 26.6 Å². The van der Waals surface area contributed by atoms with Crippen molar-refractivity contribution in [3.05, 3.63) is 35.9 Å². The molecule has 0 aromatic heterocycles. The second-order valence-electron chi connectivity index (χ2n) is 8.83. The van der Waals surface area contributed by atoms with Crippen LogP contribution in [-0.4, -0.2) is 75.6 Å². The molecule has 2 rings (SSSR count). The van der Waals surface area contributed by atoms with Gasteiger partial charge in [-0.25, -0.2) is 9.59 Å². The number of aliphatic carboxylic acids is 1. The third-order valence-electron chi connectivity index (χ3n) is 6.12. The van der Waals surface area contributed by atoms with E-state index < -0.39 is 47.8 Å². The van der Waals surface area contributed by atoms with Gasteiger partial charge >= 0.3 is 11.9 Å². The molecule has 1 unspecified atom stereocenters. The lowest BCUT2D eigenvalue weighted by atomic mass is 9.88. The molecule has 36 heavy (non-hydrogen) atoms. The van der Waals surface area contributed by atoms with E-state index in [1.54, 1.807) is 35.2 Å². The van der Waals surface area contributed by atoms with Crippen molar-refractivity contribution < 1.29 is 33.8 Å². The van der Waals surface area contributed by atoms with Gasteiger partial charge in [-0.3, -0.25) is 19.3 Å². The molecule has 1 aromatic rings. The zero-order valence-electron chi connectivity index (χ0n) is 20.0. The highest BCUT2D eigenvalue weighted by Crippen LogP contribution is 2.22. The number of ether oxygens (including phenoxy) is 1. The third kappa shape index (κ3) is 8.38. The number of ketones is 1. The van der Waals surface area contributed by atoms with Gasteiger partial charge in [-0.05, 0) is 37.9 Å². The van der Waals surface area contributed by atoms with Crippen molar-refractivity contribution in [2.45, 2.75) is 62.8 Å². The first-order chi connectivity index (χ1) is 17.1. The predicted molar refractivity (Wildman–Crippen MR) is 134 cm³/mol. The van der Waals surface area contributed by atoms with E-state index in [-0.39, 0.29) is 30.6 Å². The van der Waals surface area contributed by atoms with E-state index >= 15 is 0 Å². The number of piperidine rings is 1. The fourth-order valence-corrected chi connectivity index (χ4v) is 4.26. The fraction of sp³-hybridized carbons (Fsp3) is 0.542. The fourth-order valence-electron chi connectivity index (χ4n) is 3.98. The van der Waals surface area contributed by atoms with Gasteiger partial charge in [0, 0.05) is 12.8 Å². The van der Waals surface area contributed by atoms with Crippen molar-refractivity contribution in [2.75, 3.05) is 18.4 Å². The van der Waals surface area contributed by atoms with Gasteiger partial charge in [0.05, 0.1) is 11.4 Å². The number of carboxylic acid groups (broad SMARTS) is 1. The predicted octanol–water partition coefficient (Wildman–Crippen LogP) is 0.471. The summed E-state index contributed by atoms with van der Waals surface area (Å²) in [6, 6.07) is 6.19. The Kier molecular flexibility index (Phi) is 11.5. The molecule has 1 saturated heterocycles. The number of Topliss-reactive ketones (excluding diaryl/α,β-unsaturated/α-hetero) is 1. The van der Waals surface area contributed by atoms with Crippen LogP contribution in [0.25, 0.3) is 0 Å². The van der Waals surface area contributed by atoms with E-state index in [9.17, 15) is 29.1 Å². The summed E-state index contributed by atoms with van der Waals surface area (Å²) in [7, 11) is 0. The maximum Gasteiger partial charge on any atom is 0.336 e. The van der Waals surface area contributed by atoms with Crippen LogP contribution in [0.3, 0.4) is 0 Å². The molecule has 12 heteroatoms. The Bertz CT molecular complexity index is 940. The first kappa shape index (κ1) is 29.4. The summed E-state index contributed by atoms with van der Waals surface area (Å²) in [4.78, 5) is 64.0. The van der Waals surface area contributed by atoms with Crippen LogP contribution in [0.15, 0.2) is 30.3 Å². The molecule has 0 bridgehead atoms. The van der Waals surface area contributed by atoms with Crippen molar-refractivity contribution in [2.24, 2.45) is 11.5 Å². The van der Waals surface area contributed by atoms with Gasteiger partial charge in [0.15, 0.2) is 5.54 Å². The molecule has 1 aliphatic heterocycles. The summed E-state index contributed by atoms with van der Waals surface area (Å²) in [5, 5.41) is 11.9. The number of hydrogen-bond donors (Lipinski definition) is 4. The average molecular weight is 569 g/mol. The number of nitrogens with one attached hydrogen (secondary N) is 1. The minimum absolute atomic E-state index is 0.0377. The standard InChI is InChI=1S/C24H33BrN4O7/c25-14-17(30)9-10-18(21(32)33)28-22(34)24(27,23(35)36-15-16-7-3-1-4-8-16)13-19(20(26)31)29-11-5-2-6-12-29/h1,3-4,7-8,18-19H,2,5-6,9-15,27H2,(H2,26,31)(H,28,34)(H,32,33)/t18-,19?,24-/m0/s1. The highest BCUT2D eigenvalue weighted by atomic mass is 79.9. The highest BCUT2D eigenvalue weighted by molar-refractivity contribution is 9.09. The zero-order valence-corrected chi connectivity index (χ0v) is 21.6. The van der Waals surface area contributed by atoms with E-state index in [1.807, 2.05) is 0 Å². The minimum Gasteiger partial charge on any atom is -0.480 e. The SMILES string of the molecule is NC(=O)C(C[C@](N)(C(=O)N[C@@H](CCC(=O)CBr)C(=O)O)C(=O)OCc1ccccc1)N1CCCCC1. The second kappa shape index (κ2) is 14.0. The lowest BCUT2D eigenvalue weighted by molar-refractivity contribution is -0.158. The Hall–Kier alpha value is -2.83. The molecule has 198 valence electrons. The molecule has 11 nitrogen and oxygen atoms in total. The van der Waals surface area contributed by atoms with Gasteiger partial charge in [0.2, 0.25) is 5.91 Å². The number of nitrogens with two attached hydrogens (primary N) is 2. The highest BCUT2D eigenvalue weighted by Gasteiger charge is 2.48. The first-order valence-electron chi connectivity index (χ1n) is 11.7. The molecule has 6 N–H and O–H groups in total. The Morgan fingerprint density at radius 2 is 1.75 bits per heavy atom. The topological polar surface area (TPSA) is 182 Å². The molecular formula is C24H33BrN4O7. The number of carboxylic acids is 1. The number of carbonyl (C=O) groups excluding carboxylic acids is 4. The normalized spacial score (nSPS) is 17.3. The van der Waals surface area contributed by atoms with Gasteiger partial charge in [0.25, 0.3) is 5.91 Å². The lowest BCUT2D eigenvalue weighted by Crippen LogP contribution is -2.66. The zero-order chi connectivity index (χ0) is 26.7. The Balaban J connectivity index is 2.29. The van der Waals surface area contributed by atoms with Crippen LogP contribution in [0.4, 0.5) is 0 Å². The van der Waals surface area contributed by atoms with Crippen molar-refractivity contribution in [1.82, 2.24) is 10.2 Å². The first-order valence-corrected chi connectivity index (χ1v) is 12.9.